The highest BCUT2D eigenvalue weighted by molar-refractivity contribution is 5.70. The van der Waals surface area contributed by atoms with Gasteiger partial charge in [0.2, 0.25) is 5.76 Å². The van der Waals surface area contributed by atoms with E-state index in [1.54, 1.807) is 0 Å². The molecular formula is C6H2F3O2. The fourth-order valence-corrected chi connectivity index (χ4v) is 0.545. The van der Waals surface area contributed by atoms with Gasteiger partial charge in [0, 0.05) is 0 Å². The van der Waals surface area contributed by atoms with Crippen molar-refractivity contribution in [2.45, 2.75) is 6.18 Å². The summed E-state index contributed by atoms with van der Waals surface area (Å²) < 4.78 is 39.2. The van der Waals surface area contributed by atoms with Crippen molar-refractivity contribution in [2.75, 3.05) is 0 Å². The molecule has 5 heteroatoms. The third kappa shape index (κ3) is 1.60. The van der Waals surface area contributed by atoms with Crippen LogP contribution in [-0.2, 0) is 11.0 Å². The number of hydrogen-bond donors (Lipinski definition) is 0. The van der Waals surface area contributed by atoms with Crippen LogP contribution in [0.25, 0.3) is 0 Å². The van der Waals surface area contributed by atoms with Gasteiger partial charge in [0.05, 0.1) is 0 Å². The van der Waals surface area contributed by atoms with Gasteiger partial charge in [0.1, 0.15) is 0 Å². The van der Waals surface area contributed by atoms with Gasteiger partial charge in [-0.25, -0.2) is 0 Å². The number of alkyl halides is 3. The van der Waals surface area contributed by atoms with E-state index >= 15 is 0 Å². The van der Waals surface area contributed by atoms with Gasteiger partial charge in [0.15, 0.2) is 5.76 Å². The summed E-state index contributed by atoms with van der Waals surface area (Å²) in [7, 11) is 0. The molecular weight excluding hydrogens is 161 g/mol. The van der Waals surface area contributed by atoms with Crippen LogP contribution < -0.4 is 0 Å². The van der Waals surface area contributed by atoms with Crippen LogP contribution in [0.1, 0.15) is 11.5 Å². The first-order valence-corrected chi connectivity index (χ1v) is 2.59. The standard InChI is InChI=1S/C6H2F3O2/c7-6(8,9)5-2-1-4(3-10)11-5/h1-2H. The lowest BCUT2D eigenvalue weighted by Crippen LogP contribution is -2.02. The van der Waals surface area contributed by atoms with Crippen LogP contribution in [-0.4, -0.2) is 6.29 Å². The Bertz CT molecular complexity index is 261. The zero-order valence-corrected chi connectivity index (χ0v) is 5.11. The Labute approximate surface area is 59.6 Å². The van der Waals surface area contributed by atoms with Crippen LogP contribution in [0.5, 0.6) is 0 Å². The molecule has 2 nitrogen and oxygen atoms in total. The van der Waals surface area contributed by atoms with Crippen LogP contribution in [0.2, 0.25) is 0 Å². The van der Waals surface area contributed by atoms with Crippen molar-refractivity contribution in [3.63, 3.8) is 0 Å². The molecule has 59 valence electrons. The molecule has 1 radical (unpaired) electrons. The van der Waals surface area contributed by atoms with E-state index in [0.29, 0.717) is 6.07 Å². The first-order chi connectivity index (χ1) is 5.04. The summed E-state index contributed by atoms with van der Waals surface area (Å²) in [5, 5.41) is 0. The molecule has 0 aliphatic heterocycles. The Morgan fingerprint density at radius 1 is 1.36 bits per heavy atom. The lowest BCUT2D eigenvalue weighted by atomic mass is 10.4. The summed E-state index contributed by atoms with van der Waals surface area (Å²) >= 11 is 0. The predicted molar refractivity (Wildman–Crippen MR) is 28.5 cm³/mol. The second kappa shape index (κ2) is 2.41. The quantitative estimate of drug-likeness (QED) is 0.631. The summed E-state index contributed by atoms with van der Waals surface area (Å²) in [6.45, 7) is 0. The smallest absolute Gasteiger partial charge is 0.448 e. The fraction of sp³-hybridized carbons (Fsp3) is 0.167. The number of rotatable bonds is 1. The maximum absolute atomic E-state index is 11.7. The predicted octanol–water partition coefficient (Wildman–Crippen LogP) is 1.76. The van der Waals surface area contributed by atoms with E-state index in [2.05, 4.69) is 4.42 Å². The molecule has 0 spiro atoms. The molecule has 1 rings (SSSR count). The van der Waals surface area contributed by atoms with Gasteiger partial charge in [-0.1, -0.05) is 0 Å². The van der Waals surface area contributed by atoms with E-state index in [-0.39, 0.29) is 0 Å². The highest BCUT2D eigenvalue weighted by atomic mass is 19.4. The summed E-state index contributed by atoms with van der Waals surface area (Å²) in [5.41, 5.74) is 0. The molecule has 0 amide bonds. The van der Waals surface area contributed by atoms with E-state index in [9.17, 15) is 18.0 Å². The monoisotopic (exact) mass is 163 g/mol. The minimum absolute atomic E-state index is 0.447. The summed E-state index contributed by atoms with van der Waals surface area (Å²) in [6, 6.07) is 1.59. The van der Waals surface area contributed by atoms with Gasteiger partial charge in [-0.15, -0.1) is 0 Å². The van der Waals surface area contributed by atoms with Gasteiger partial charge < -0.3 is 4.42 Å². The van der Waals surface area contributed by atoms with Crippen LogP contribution in [0.3, 0.4) is 0 Å². The zero-order valence-electron chi connectivity index (χ0n) is 5.11. The molecule has 0 saturated heterocycles. The van der Waals surface area contributed by atoms with Crippen molar-refractivity contribution in [1.82, 2.24) is 0 Å². The lowest BCUT2D eigenvalue weighted by molar-refractivity contribution is -0.153. The van der Waals surface area contributed by atoms with Gasteiger partial charge in [-0.05, 0) is 12.1 Å². The number of hydrogen-bond acceptors (Lipinski definition) is 2. The Kier molecular flexibility index (Phi) is 1.72. The van der Waals surface area contributed by atoms with Crippen molar-refractivity contribution in [1.29, 1.82) is 0 Å². The molecule has 0 saturated carbocycles. The Morgan fingerprint density at radius 2 is 2.00 bits per heavy atom. The normalized spacial score (nSPS) is 11.5. The van der Waals surface area contributed by atoms with Gasteiger partial charge in [-0.2, -0.15) is 13.2 Å². The number of furan rings is 1. The molecule has 1 heterocycles. The average molecular weight is 163 g/mol. The first-order valence-electron chi connectivity index (χ1n) is 2.59. The molecule has 0 aliphatic rings. The zero-order chi connectivity index (χ0) is 8.48. The van der Waals surface area contributed by atoms with Crippen molar-refractivity contribution in [3.05, 3.63) is 23.7 Å². The third-order valence-corrected chi connectivity index (χ3v) is 0.986. The van der Waals surface area contributed by atoms with Crippen LogP contribution in [0, 0.1) is 0 Å². The summed E-state index contributed by atoms with van der Waals surface area (Å²) in [4.78, 5) is 9.76. The van der Waals surface area contributed by atoms with E-state index in [4.69, 9.17) is 0 Å². The number of halogens is 3. The van der Waals surface area contributed by atoms with E-state index < -0.39 is 17.7 Å². The minimum Gasteiger partial charge on any atom is -0.448 e. The molecule has 0 aliphatic carbocycles. The molecule has 0 atom stereocenters. The first kappa shape index (κ1) is 7.84. The van der Waals surface area contributed by atoms with Crippen molar-refractivity contribution in [3.8, 4) is 0 Å². The lowest BCUT2D eigenvalue weighted by Gasteiger charge is -1.98. The van der Waals surface area contributed by atoms with E-state index in [1.807, 2.05) is 0 Å². The number of carbonyl (C=O) groups excluding carboxylic acids is 1. The Morgan fingerprint density at radius 3 is 2.27 bits per heavy atom. The van der Waals surface area contributed by atoms with Crippen molar-refractivity contribution in [2.24, 2.45) is 0 Å². The molecule has 0 bridgehead atoms. The van der Waals surface area contributed by atoms with Crippen molar-refractivity contribution >= 4 is 6.29 Å². The average Bonchev–Trinajstić information content (AvgIpc) is 2.32. The molecule has 0 unspecified atom stereocenters. The molecule has 1 aromatic rings. The Balaban J connectivity index is 2.98. The molecule has 11 heavy (non-hydrogen) atoms. The molecule has 1 aromatic heterocycles. The summed E-state index contributed by atoms with van der Waals surface area (Å²) in [5.74, 6) is -1.63. The molecule has 0 N–H and O–H groups in total. The van der Waals surface area contributed by atoms with Gasteiger partial charge in [-0.3, -0.25) is 4.79 Å². The largest absolute Gasteiger partial charge is 0.449 e. The molecule has 0 aromatic carbocycles. The van der Waals surface area contributed by atoms with Crippen LogP contribution in [0.15, 0.2) is 16.5 Å². The van der Waals surface area contributed by atoms with Crippen LogP contribution >= 0.6 is 0 Å². The highest BCUT2D eigenvalue weighted by Gasteiger charge is 2.34. The Hall–Kier alpha value is -1.26. The highest BCUT2D eigenvalue weighted by Crippen LogP contribution is 2.29. The van der Waals surface area contributed by atoms with Crippen LogP contribution in [0.4, 0.5) is 13.2 Å². The van der Waals surface area contributed by atoms with Gasteiger partial charge >= 0.3 is 6.18 Å². The van der Waals surface area contributed by atoms with E-state index in [1.165, 1.54) is 6.29 Å². The second-order valence-corrected chi connectivity index (χ2v) is 1.76. The van der Waals surface area contributed by atoms with Crippen molar-refractivity contribution < 1.29 is 22.4 Å². The van der Waals surface area contributed by atoms with Gasteiger partial charge in [0.25, 0.3) is 6.29 Å². The minimum atomic E-state index is -4.53. The summed E-state index contributed by atoms with van der Waals surface area (Å²) in [6.07, 6.45) is -3.33. The topological polar surface area (TPSA) is 30.2 Å². The molecule has 0 fully saturated rings. The van der Waals surface area contributed by atoms with E-state index in [0.717, 1.165) is 6.07 Å². The fourth-order valence-electron chi connectivity index (χ4n) is 0.545. The maximum atomic E-state index is 11.7. The second-order valence-electron chi connectivity index (χ2n) is 1.76. The third-order valence-electron chi connectivity index (χ3n) is 0.986. The maximum Gasteiger partial charge on any atom is 0.449 e. The SMILES string of the molecule is O=[C]c1ccc(C(F)(F)F)o1.